The molecule has 0 radical (unpaired) electrons. The zero-order valence-corrected chi connectivity index (χ0v) is 27.9. The van der Waals surface area contributed by atoms with Crippen molar-refractivity contribution >= 4 is 0 Å². The van der Waals surface area contributed by atoms with Crippen LogP contribution in [0.3, 0.4) is 0 Å². The van der Waals surface area contributed by atoms with Gasteiger partial charge in [-0.15, -0.1) is 10.2 Å². The Bertz CT molecular complexity index is 1400. The summed E-state index contributed by atoms with van der Waals surface area (Å²) >= 11 is 0. The maximum Gasteiger partial charge on any atom is 0.0907 e. The molecule has 8 nitrogen and oxygen atoms in total. The molecule has 2 aromatic heterocycles. The molecule has 5 rings (SSSR count). The van der Waals surface area contributed by atoms with E-state index in [1.807, 2.05) is 9.36 Å². The highest BCUT2D eigenvalue weighted by molar-refractivity contribution is 5.29. The van der Waals surface area contributed by atoms with Gasteiger partial charge >= 0.3 is 0 Å². The van der Waals surface area contributed by atoms with Crippen molar-refractivity contribution in [3.8, 4) is 0 Å². The molecule has 242 valence electrons. The largest absolute Gasteiger partial charge is 0.379 e. The summed E-state index contributed by atoms with van der Waals surface area (Å²) in [7, 11) is 0. The van der Waals surface area contributed by atoms with E-state index in [0.717, 1.165) is 37.7 Å². The summed E-state index contributed by atoms with van der Waals surface area (Å²) in [6, 6.07) is 21.2. The lowest BCUT2D eigenvalue weighted by Gasteiger charge is -2.29. The van der Waals surface area contributed by atoms with E-state index in [1.54, 1.807) is 0 Å². The van der Waals surface area contributed by atoms with Gasteiger partial charge in [-0.2, -0.15) is 0 Å². The van der Waals surface area contributed by atoms with Crippen LogP contribution in [0.25, 0.3) is 0 Å². The first-order valence-electron chi connectivity index (χ1n) is 16.8. The smallest absolute Gasteiger partial charge is 0.0907 e. The Labute approximate surface area is 269 Å². The summed E-state index contributed by atoms with van der Waals surface area (Å²) in [6.07, 6.45) is 8.99. The zero-order valence-electron chi connectivity index (χ0n) is 27.9. The molecule has 0 saturated heterocycles. The molecule has 2 atom stereocenters. The van der Waals surface area contributed by atoms with Gasteiger partial charge < -0.3 is 9.47 Å². The molecule has 1 aliphatic carbocycles. The molecule has 2 heterocycles. The fraction of sp³-hybridized carbons (Fsp3) is 0.568. The Morgan fingerprint density at radius 2 is 1.16 bits per heavy atom. The first-order valence-corrected chi connectivity index (χ1v) is 16.8. The highest BCUT2D eigenvalue weighted by Crippen LogP contribution is 2.39. The average Bonchev–Trinajstić information content (AvgIpc) is 3.68. The minimum Gasteiger partial charge on any atom is -0.379 e. The summed E-state index contributed by atoms with van der Waals surface area (Å²) in [4.78, 5) is 0. The van der Waals surface area contributed by atoms with Gasteiger partial charge in [0.15, 0.2) is 0 Å². The molecule has 0 bridgehead atoms. The van der Waals surface area contributed by atoms with E-state index >= 15 is 0 Å². The molecule has 0 aliphatic heterocycles. The predicted octanol–water partition coefficient (Wildman–Crippen LogP) is 7.38. The Morgan fingerprint density at radius 3 is 1.64 bits per heavy atom. The maximum atomic E-state index is 6.11. The van der Waals surface area contributed by atoms with Crippen LogP contribution in [-0.4, -0.2) is 56.4 Å². The van der Waals surface area contributed by atoms with Gasteiger partial charge in [0.05, 0.1) is 37.7 Å². The van der Waals surface area contributed by atoms with Crippen molar-refractivity contribution in [3.63, 3.8) is 0 Å². The summed E-state index contributed by atoms with van der Waals surface area (Å²) in [6.45, 7) is 15.7. The van der Waals surface area contributed by atoms with Gasteiger partial charge in [-0.1, -0.05) is 106 Å². The zero-order chi connectivity index (χ0) is 31.6. The number of aromatic nitrogens is 6. The van der Waals surface area contributed by atoms with Crippen LogP contribution in [0.5, 0.6) is 0 Å². The van der Waals surface area contributed by atoms with Crippen LogP contribution in [0.1, 0.15) is 94.7 Å². The molecule has 0 N–H and O–H groups in total. The van der Waals surface area contributed by atoms with E-state index in [0.29, 0.717) is 31.0 Å². The number of hydrogen-bond donors (Lipinski definition) is 0. The SMILES string of the molecule is CC(C)C(c1ccccc1)c1cn(CCOCC2CCC(COCCn3cc(C(c4ccccc4)C(C)(C)C)nn3)CC2)nn1. The van der Waals surface area contributed by atoms with E-state index in [9.17, 15) is 0 Å². The highest BCUT2D eigenvalue weighted by Gasteiger charge is 2.30. The lowest BCUT2D eigenvalue weighted by atomic mass is 9.75. The van der Waals surface area contributed by atoms with E-state index < -0.39 is 0 Å². The Kier molecular flexibility index (Phi) is 11.6. The fourth-order valence-electron chi connectivity index (χ4n) is 6.82. The van der Waals surface area contributed by atoms with Crippen LogP contribution in [0.2, 0.25) is 0 Å². The number of rotatable bonds is 15. The van der Waals surface area contributed by atoms with Crippen molar-refractivity contribution in [1.82, 2.24) is 30.0 Å². The molecule has 0 amide bonds. The van der Waals surface area contributed by atoms with Crippen molar-refractivity contribution in [2.45, 2.75) is 85.2 Å². The van der Waals surface area contributed by atoms with E-state index in [-0.39, 0.29) is 17.3 Å². The third kappa shape index (κ3) is 9.33. The second-order valence-corrected chi connectivity index (χ2v) is 14.2. The number of benzene rings is 2. The monoisotopic (exact) mass is 612 g/mol. The summed E-state index contributed by atoms with van der Waals surface area (Å²) < 4.78 is 16.1. The lowest BCUT2D eigenvalue weighted by molar-refractivity contribution is 0.0443. The molecule has 1 aliphatic rings. The van der Waals surface area contributed by atoms with Crippen LogP contribution < -0.4 is 0 Å². The first-order chi connectivity index (χ1) is 21.8. The van der Waals surface area contributed by atoms with Gasteiger partial charge in [0.1, 0.15) is 0 Å². The van der Waals surface area contributed by atoms with Gasteiger partial charge in [0.25, 0.3) is 0 Å². The summed E-state index contributed by atoms with van der Waals surface area (Å²) in [5.41, 5.74) is 4.65. The molecule has 2 unspecified atom stereocenters. The van der Waals surface area contributed by atoms with Crippen LogP contribution in [0.15, 0.2) is 73.1 Å². The molecular weight excluding hydrogens is 560 g/mol. The fourth-order valence-corrected chi connectivity index (χ4v) is 6.82. The Morgan fingerprint density at radius 1 is 0.689 bits per heavy atom. The summed E-state index contributed by atoms with van der Waals surface area (Å²) in [5.74, 6) is 2.16. The predicted molar refractivity (Wildman–Crippen MR) is 178 cm³/mol. The summed E-state index contributed by atoms with van der Waals surface area (Å²) in [5, 5.41) is 17.9. The minimum atomic E-state index is 0.0455. The van der Waals surface area contributed by atoms with Gasteiger partial charge in [-0.05, 0) is 60.0 Å². The number of nitrogens with zero attached hydrogens (tertiary/aromatic N) is 6. The molecular formula is C37H52N6O2. The quantitative estimate of drug-likeness (QED) is 0.130. The third-order valence-corrected chi connectivity index (χ3v) is 9.15. The van der Waals surface area contributed by atoms with Crippen molar-refractivity contribution < 1.29 is 9.47 Å². The molecule has 4 aromatic rings. The van der Waals surface area contributed by atoms with Crippen LogP contribution in [0.4, 0.5) is 0 Å². The Hall–Kier alpha value is -3.36. The Balaban J connectivity index is 0.966. The van der Waals surface area contributed by atoms with Gasteiger partial charge in [0.2, 0.25) is 0 Å². The van der Waals surface area contributed by atoms with E-state index in [2.05, 4.69) is 128 Å². The van der Waals surface area contributed by atoms with Crippen molar-refractivity contribution in [2.24, 2.45) is 23.2 Å². The normalized spacial score (nSPS) is 18.7. The van der Waals surface area contributed by atoms with Crippen LogP contribution >= 0.6 is 0 Å². The lowest BCUT2D eigenvalue weighted by Crippen LogP contribution is -2.23. The van der Waals surface area contributed by atoms with Crippen molar-refractivity contribution in [3.05, 3.63) is 95.6 Å². The molecule has 45 heavy (non-hydrogen) atoms. The standard InChI is InChI=1S/C37H52N6O2/c1-28(2)35(31-12-8-6-9-13-31)33-24-42(40-38-33)20-22-44-26-29-16-18-30(19-17-29)27-45-23-21-43-25-34(39-41-43)36(37(3,4)5)32-14-10-7-11-15-32/h6-15,24-25,28-30,35-36H,16-23,26-27H2,1-5H3. The molecule has 0 spiro atoms. The van der Waals surface area contributed by atoms with Gasteiger partial charge in [-0.3, -0.25) is 0 Å². The van der Waals surface area contributed by atoms with Crippen molar-refractivity contribution in [2.75, 3.05) is 26.4 Å². The number of hydrogen-bond acceptors (Lipinski definition) is 6. The molecule has 2 aromatic carbocycles. The minimum absolute atomic E-state index is 0.0455. The van der Waals surface area contributed by atoms with Crippen LogP contribution in [-0.2, 0) is 22.6 Å². The van der Waals surface area contributed by atoms with Gasteiger partial charge in [-0.25, -0.2) is 9.36 Å². The average molecular weight is 613 g/mol. The van der Waals surface area contributed by atoms with Crippen molar-refractivity contribution in [1.29, 1.82) is 0 Å². The maximum absolute atomic E-state index is 6.11. The second kappa shape index (κ2) is 15.8. The first kappa shape index (κ1) is 33.0. The van der Waals surface area contributed by atoms with E-state index in [4.69, 9.17) is 9.47 Å². The second-order valence-electron chi connectivity index (χ2n) is 14.2. The van der Waals surface area contributed by atoms with Crippen LogP contribution in [0, 0.1) is 23.2 Å². The van der Waals surface area contributed by atoms with Gasteiger partial charge in [0, 0.05) is 37.4 Å². The molecule has 1 saturated carbocycles. The number of ether oxygens (including phenoxy) is 2. The van der Waals surface area contributed by atoms with E-state index in [1.165, 1.54) is 36.8 Å². The molecule has 8 heteroatoms. The topological polar surface area (TPSA) is 79.9 Å². The molecule has 1 fully saturated rings. The highest BCUT2D eigenvalue weighted by atomic mass is 16.5. The third-order valence-electron chi connectivity index (χ3n) is 9.15.